The lowest BCUT2D eigenvalue weighted by molar-refractivity contribution is 0.754. The molecule has 0 saturated heterocycles. The molecule has 0 spiro atoms. The largest absolute Gasteiger partial charge is 0.385 e. The van der Waals surface area contributed by atoms with Crippen LogP contribution in [0.1, 0.15) is 13.8 Å². The van der Waals surface area contributed by atoms with Crippen LogP contribution in [-0.4, -0.2) is 26.2 Å². The molecule has 0 aliphatic heterocycles. The molecular formula is C18H22N6+2. The molecule has 122 valence electrons. The number of likely N-dealkylation sites (N-methyl/N-ethyl adjacent to an activating group) is 2. The highest BCUT2D eigenvalue weighted by Gasteiger charge is 2.12. The van der Waals surface area contributed by atoms with Gasteiger partial charge >= 0.3 is 11.4 Å². The third kappa shape index (κ3) is 4.21. The van der Waals surface area contributed by atoms with E-state index in [0.29, 0.717) is 11.4 Å². The van der Waals surface area contributed by atoms with Crippen molar-refractivity contribution in [2.24, 2.45) is 0 Å². The van der Waals surface area contributed by atoms with Gasteiger partial charge in [0, 0.05) is 61.8 Å². The van der Waals surface area contributed by atoms with Crippen LogP contribution in [0, 0.1) is 10.8 Å². The van der Waals surface area contributed by atoms with E-state index in [0.717, 1.165) is 37.6 Å². The molecule has 2 aromatic carbocycles. The first-order valence-electron chi connectivity index (χ1n) is 8.12. The highest BCUT2D eigenvalue weighted by Crippen LogP contribution is 2.22. The molecule has 24 heavy (non-hydrogen) atoms. The second-order valence-electron chi connectivity index (χ2n) is 5.39. The quantitative estimate of drug-likeness (QED) is 0.672. The molecule has 0 unspecified atom stereocenters. The predicted molar refractivity (Wildman–Crippen MR) is 98.1 cm³/mol. The lowest BCUT2D eigenvalue weighted by Crippen LogP contribution is -2.35. The number of rotatable bonds is 7. The van der Waals surface area contributed by atoms with Gasteiger partial charge in [-0.25, -0.2) is 0 Å². The molecule has 0 heterocycles. The Morgan fingerprint density at radius 3 is 1.25 bits per heavy atom. The first kappa shape index (κ1) is 17.2. The number of diazo groups is 2. The van der Waals surface area contributed by atoms with E-state index >= 15 is 0 Å². The van der Waals surface area contributed by atoms with Crippen molar-refractivity contribution in [1.29, 1.82) is 10.8 Å². The van der Waals surface area contributed by atoms with Crippen molar-refractivity contribution >= 4 is 22.7 Å². The van der Waals surface area contributed by atoms with Gasteiger partial charge in [-0.1, -0.05) is 0 Å². The molecule has 0 aliphatic rings. The summed E-state index contributed by atoms with van der Waals surface area (Å²) in [7, 11) is 0. The van der Waals surface area contributed by atoms with Crippen LogP contribution < -0.4 is 9.80 Å². The number of anilines is 2. The minimum absolute atomic E-state index is 0.555. The van der Waals surface area contributed by atoms with Crippen molar-refractivity contribution in [3.8, 4) is 0 Å². The zero-order valence-corrected chi connectivity index (χ0v) is 14.1. The summed E-state index contributed by atoms with van der Waals surface area (Å²) in [6, 6.07) is 15.1. The van der Waals surface area contributed by atoms with E-state index in [2.05, 4.69) is 33.6 Å². The number of nitrogens with zero attached hydrogens (tertiary/aromatic N) is 6. The zero-order valence-electron chi connectivity index (χ0n) is 14.1. The van der Waals surface area contributed by atoms with Gasteiger partial charge in [0.25, 0.3) is 0 Å². The Morgan fingerprint density at radius 1 is 0.667 bits per heavy atom. The summed E-state index contributed by atoms with van der Waals surface area (Å²) >= 11 is 0. The van der Waals surface area contributed by atoms with Crippen molar-refractivity contribution in [1.82, 2.24) is 0 Å². The average molecular weight is 322 g/mol. The van der Waals surface area contributed by atoms with Gasteiger partial charge in [0.2, 0.25) is 10.8 Å². The van der Waals surface area contributed by atoms with Crippen LogP contribution in [0.25, 0.3) is 9.95 Å². The maximum atomic E-state index is 8.78. The summed E-state index contributed by atoms with van der Waals surface area (Å²) in [5.41, 5.74) is 3.32. The van der Waals surface area contributed by atoms with Crippen LogP contribution in [0.15, 0.2) is 48.5 Å². The summed E-state index contributed by atoms with van der Waals surface area (Å²) in [6.07, 6.45) is 0. The molecular weight excluding hydrogens is 300 g/mol. The lowest BCUT2D eigenvalue weighted by Gasteiger charge is -2.29. The van der Waals surface area contributed by atoms with Gasteiger partial charge in [-0.05, 0) is 38.1 Å². The number of hydrogen-bond donors (Lipinski definition) is 0. The monoisotopic (exact) mass is 322 g/mol. The minimum atomic E-state index is 0.555. The molecule has 2 aromatic rings. The molecule has 0 fully saturated rings. The molecule has 2 rings (SSSR count). The van der Waals surface area contributed by atoms with Crippen molar-refractivity contribution in [2.75, 3.05) is 36.0 Å². The van der Waals surface area contributed by atoms with E-state index in [1.54, 1.807) is 24.3 Å². The van der Waals surface area contributed by atoms with Crippen LogP contribution in [0.3, 0.4) is 0 Å². The number of hydrogen-bond acceptors (Lipinski definition) is 4. The summed E-state index contributed by atoms with van der Waals surface area (Å²) in [6.45, 7) is 7.81. The SMILES string of the molecule is CCN(CCN(CC)c1ccc([N+]#N)cc1)c1ccc([N+]#N)cc1. The van der Waals surface area contributed by atoms with Crippen LogP contribution in [0.4, 0.5) is 22.7 Å². The molecule has 0 saturated carbocycles. The first-order valence-corrected chi connectivity index (χ1v) is 8.12. The molecule has 6 heteroatoms. The third-order valence-electron chi connectivity index (χ3n) is 4.06. The van der Waals surface area contributed by atoms with Crippen molar-refractivity contribution in [3.63, 3.8) is 0 Å². The molecule has 0 N–H and O–H groups in total. The van der Waals surface area contributed by atoms with E-state index in [1.807, 2.05) is 24.3 Å². The average Bonchev–Trinajstić information content (AvgIpc) is 2.66. The Bertz CT molecular complexity index is 659. The van der Waals surface area contributed by atoms with Crippen LogP contribution >= 0.6 is 0 Å². The van der Waals surface area contributed by atoms with Crippen LogP contribution in [0.2, 0.25) is 0 Å². The van der Waals surface area contributed by atoms with Gasteiger partial charge in [-0.2, -0.15) is 0 Å². The van der Waals surface area contributed by atoms with Gasteiger partial charge in [0.15, 0.2) is 9.95 Å². The molecule has 0 amide bonds. The van der Waals surface area contributed by atoms with Gasteiger partial charge in [-0.15, -0.1) is 0 Å². The highest BCUT2D eigenvalue weighted by molar-refractivity contribution is 5.57. The fourth-order valence-electron chi connectivity index (χ4n) is 2.64. The predicted octanol–water partition coefficient (Wildman–Crippen LogP) is 5.01. The smallest absolute Gasteiger partial charge is 0.370 e. The summed E-state index contributed by atoms with van der Waals surface area (Å²) in [5.74, 6) is 0. The van der Waals surface area contributed by atoms with E-state index in [-0.39, 0.29) is 0 Å². The fraction of sp³-hybridized carbons (Fsp3) is 0.333. The normalized spacial score (nSPS) is 9.83. The second-order valence-corrected chi connectivity index (χ2v) is 5.39. The maximum absolute atomic E-state index is 8.78. The van der Waals surface area contributed by atoms with Crippen LogP contribution in [-0.2, 0) is 0 Å². The number of benzene rings is 2. The van der Waals surface area contributed by atoms with Crippen molar-refractivity contribution < 1.29 is 0 Å². The molecule has 0 aliphatic carbocycles. The Kier molecular flexibility index (Phi) is 6.10. The lowest BCUT2D eigenvalue weighted by atomic mass is 10.2. The Labute approximate surface area is 142 Å². The van der Waals surface area contributed by atoms with Gasteiger partial charge in [0.1, 0.15) is 0 Å². The van der Waals surface area contributed by atoms with E-state index < -0.39 is 0 Å². The summed E-state index contributed by atoms with van der Waals surface area (Å²) in [5, 5.41) is 17.6. The third-order valence-corrected chi connectivity index (χ3v) is 4.06. The molecule has 6 nitrogen and oxygen atoms in total. The van der Waals surface area contributed by atoms with Gasteiger partial charge in [-0.3, -0.25) is 0 Å². The Balaban J connectivity index is 2.04. The Hall–Kier alpha value is -3.12. The second kappa shape index (κ2) is 8.50. The van der Waals surface area contributed by atoms with E-state index in [9.17, 15) is 0 Å². The van der Waals surface area contributed by atoms with E-state index in [4.69, 9.17) is 10.8 Å². The molecule has 0 aromatic heterocycles. The standard InChI is InChI=1S/C18H22N6/c1-3-23(17-9-5-15(21-19)6-10-17)13-14-24(4-2)18-11-7-16(22-20)8-12-18/h5-12H,3-4,13-14H2,1-2H3/q+2. The molecule has 0 bridgehead atoms. The first-order chi connectivity index (χ1) is 11.7. The van der Waals surface area contributed by atoms with Crippen molar-refractivity contribution in [3.05, 3.63) is 58.5 Å². The van der Waals surface area contributed by atoms with Gasteiger partial charge in [0.05, 0.1) is 0 Å². The fourth-order valence-corrected chi connectivity index (χ4v) is 2.64. The summed E-state index contributed by atoms with van der Waals surface area (Å²) in [4.78, 5) is 10.9. The molecule has 0 atom stereocenters. The van der Waals surface area contributed by atoms with E-state index in [1.165, 1.54) is 0 Å². The van der Waals surface area contributed by atoms with Crippen molar-refractivity contribution in [2.45, 2.75) is 13.8 Å². The topological polar surface area (TPSA) is 62.8 Å². The highest BCUT2D eigenvalue weighted by atomic mass is 15.2. The molecule has 0 radical (unpaired) electrons. The minimum Gasteiger partial charge on any atom is -0.370 e. The van der Waals surface area contributed by atoms with Gasteiger partial charge < -0.3 is 9.80 Å². The Morgan fingerprint density at radius 2 is 1.00 bits per heavy atom. The van der Waals surface area contributed by atoms with Crippen LogP contribution in [0.5, 0.6) is 0 Å². The maximum Gasteiger partial charge on any atom is 0.385 e. The summed E-state index contributed by atoms with van der Waals surface area (Å²) < 4.78 is 0. The zero-order chi connectivity index (χ0) is 17.4.